The van der Waals surface area contributed by atoms with Crippen LogP contribution in [0.15, 0.2) is 51.7 Å². The molecule has 3 aromatic rings. The number of para-hydroxylation sites is 1. The minimum Gasteiger partial charge on any atom is -0.502 e. The SMILES string of the molecule is Cc1cccc2c(=O)c(O)c(-c3ccc(F)cc3)oc12. The van der Waals surface area contributed by atoms with E-state index in [0.717, 1.165) is 5.56 Å². The summed E-state index contributed by atoms with van der Waals surface area (Å²) in [6, 6.07) is 10.5. The number of hydrogen-bond acceptors (Lipinski definition) is 3. The molecule has 3 nitrogen and oxygen atoms in total. The summed E-state index contributed by atoms with van der Waals surface area (Å²) in [4.78, 5) is 12.2. The van der Waals surface area contributed by atoms with E-state index in [2.05, 4.69) is 0 Å². The van der Waals surface area contributed by atoms with Crippen molar-refractivity contribution in [2.75, 3.05) is 0 Å². The van der Waals surface area contributed by atoms with E-state index in [0.29, 0.717) is 16.5 Å². The van der Waals surface area contributed by atoms with Crippen LogP contribution in [0.2, 0.25) is 0 Å². The van der Waals surface area contributed by atoms with Crippen LogP contribution in [0.3, 0.4) is 0 Å². The van der Waals surface area contributed by atoms with Crippen LogP contribution in [-0.4, -0.2) is 5.11 Å². The Balaban J connectivity index is 2.37. The zero-order chi connectivity index (χ0) is 14.3. The Kier molecular flexibility index (Phi) is 2.79. The van der Waals surface area contributed by atoms with E-state index in [1.54, 1.807) is 12.1 Å². The van der Waals surface area contributed by atoms with E-state index in [4.69, 9.17) is 4.42 Å². The molecule has 1 N–H and O–H groups in total. The summed E-state index contributed by atoms with van der Waals surface area (Å²) in [5.41, 5.74) is 1.18. The zero-order valence-electron chi connectivity index (χ0n) is 10.7. The first-order valence-corrected chi connectivity index (χ1v) is 6.09. The fourth-order valence-electron chi connectivity index (χ4n) is 2.14. The van der Waals surface area contributed by atoms with Crippen LogP contribution in [-0.2, 0) is 0 Å². The highest BCUT2D eigenvalue weighted by atomic mass is 19.1. The Morgan fingerprint density at radius 1 is 1.10 bits per heavy atom. The van der Waals surface area contributed by atoms with E-state index < -0.39 is 17.0 Å². The minimum absolute atomic E-state index is 0.0526. The van der Waals surface area contributed by atoms with Gasteiger partial charge < -0.3 is 9.52 Å². The van der Waals surface area contributed by atoms with Gasteiger partial charge >= 0.3 is 0 Å². The van der Waals surface area contributed by atoms with Gasteiger partial charge in [0.2, 0.25) is 11.2 Å². The first-order chi connectivity index (χ1) is 9.58. The molecule has 1 aromatic heterocycles. The maximum Gasteiger partial charge on any atom is 0.235 e. The molecule has 4 heteroatoms. The molecular formula is C16H11FO3. The van der Waals surface area contributed by atoms with Crippen molar-refractivity contribution >= 4 is 11.0 Å². The van der Waals surface area contributed by atoms with Crippen molar-refractivity contribution in [3.8, 4) is 17.1 Å². The largest absolute Gasteiger partial charge is 0.502 e. The predicted octanol–water partition coefficient (Wildman–Crippen LogP) is 3.61. The Bertz CT molecular complexity index is 848. The molecular weight excluding hydrogens is 259 g/mol. The Morgan fingerprint density at radius 2 is 1.80 bits per heavy atom. The normalized spacial score (nSPS) is 10.9. The van der Waals surface area contributed by atoms with Crippen molar-refractivity contribution in [1.29, 1.82) is 0 Å². The van der Waals surface area contributed by atoms with Gasteiger partial charge in [0.05, 0.1) is 5.39 Å². The first-order valence-electron chi connectivity index (χ1n) is 6.09. The average molecular weight is 270 g/mol. The van der Waals surface area contributed by atoms with E-state index in [-0.39, 0.29) is 5.76 Å². The summed E-state index contributed by atoms with van der Waals surface area (Å²) >= 11 is 0. The molecule has 0 fully saturated rings. The third-order valence-electron chi connectivity index (χ3n) is 3.20. The summed E-state index contributed by atoms with van der Waals surface area (Å²) in [5, 5.41) is 10.3. The van der Waals surface area contributed by atoms with Crippen molar-refractivity contribution in [3.63, 3.8) is 0 Å². The smallest absolute Gasteiger partial charge is 0.235 e. The third kappa shape index (κ3) is 1.86. The van der Waals surface area contributed by atoms with Gasteiger partial charge in [0, 0.05) is 5.56 Å². The average Bonchev–Trinajstić information content (AvgIpc) is 2.45. The van der Waals surface area contributed by atoms with E-state index in [1.165, 1.54) is 24.3 Å². The molecule has 0 saturated heterocycles. The van der Waals surface area contributed by atoms with Crippen LogP contribution in [0.4, 0.5) is 4.39 Å². The number of benzene rings is 2. The van der Waals surface area contributed by atoms with E-state index >= 15 is 0 Å². The summed E-state index contributed by atoms with van der Waals surface area (Å²) in [6.45, 7) is 1.82. The van der Waals surface area contributed by atoms with Crippen LogP contribution in [0.25, 0.3) is 22.3 Å². The summed E-state index contributed by atoms with van der Waals surface area (Å²) in [6.07, 6.45) is 0. The van der Waals surface area contributed by atoms with E-state index in [1.807, 2.05) is 13.0 Å². The minimum atomic E-state index is -0.491. The molecule has 0 aliphatic rings. The highest BCUT2D eigenvalue weighted by Gasteiger charge is 2.16. The predicted molar refractivity (Wildman–Crippen MR) is 74.3 cm³/mol. The van der Waals surface area contributed by atoms with Crippen LogP contribution in [0.1, 0.15) is 5.56 Å². The van der Waals surface area contributed by atoms with Gasteiger partial charge in [-0.05, 0) is 42.8 Å². The molecule has 0 bridgehead atoms. The second kappa shape index (κ2) is 4.49. The number of halogens is 1. The second-order valence-electron chi connectivity index (χ2n) is 4.57. The highest BCUT2D eigenvalue weighted by Crippen LogP contribution is 2.30. The van der Waals surface area contributed by atoms with Gasteiger partial charge in [0.1, 0.15) is 11.4 Å². The fourth-order valence-corrected chi connectivity index (χ4v) is 2.14. The highest BCUT2D eigenvalue weighted by molar-refractivity contribution is 5.84. The third-order valence-corrected chi connectivity index (χ3v) is 3.20. The topological polar surface area (TPSA) is 50.4 Å². The van der Waals surface area contributed by atoms with Gasteiger partial charge in [-0.1, -0.05) is 12.1 Å². The van der Waals surface area contributed by atoms with Gasteiger partial charge in [-0.25, -0.2) is 4.39 Å². The lowest BCUT2D eigenvalue weighted by Gasteiger charge is -2.07. The van der Waals surface area contributed by atoms with Crippen molar-refractivity contribution in [2.45, 2.75) is 6.92 Å². The van der Waals surface area contributed by atoms with Gasteiger partial charge in [-0.3, -0.25) is 4.79 Å². The van der Waals surface area contributed by atoms with Crippen LogP contribution < -0.4 is 5.43 Å². The van der Waals surface area contributed by atoms with Crippen LogP contribution >= 0.6 is 0 Å². The van der Waals surface area contributed by atoms with Crippen molar-refractivity contribution in [3.05, 3.63) is 64.1 Å². The number of hydrogen-bond donors (Lipinski definition) is 1. The van der Waals surface area contributed by atoms with Gasteiger partial charge in [-0.2, -0.15) is 0 Å². The zero-order valence-corrected chi connectivity index (χ0v) is 10.7. The van der Waals surface area contributed by atoms with Crippen molar-refractivity contribution in [1.82, 2.24) is 0 Å². The molecule has 0 atom stereocenters. The number of rotatable bonds is 1. The number of fused-ring (bicyclic) bond motifs is 1. The van der Waals surface area contributed by atoms with Crippen molar-refractivity contribution < 1.29 is 13.9 Å². The molecule has 0 aliphatic heterocycles. The van der Waals surface area contributed by atoms with Crippen LogP contribution in [0.5, 0.6) is 5.75 Å². The molecule has 0 radical (unpaired) electrons. The monoisotopic (exact) mass is 270 g/mol. The maximum absolute atomic E-state index is 12.9. The summed E-state index contributed by atoms with van der Waals surface area (Å²) in [5.74, 6) is -0.806. The lowest BCUT2D eigenvalue weighted by molar-refractivity contribution is 0.449. The summed E-state index contributed by atoms with van der Waals surface area (Å²) < 4.78 is 18.6. The lowest BCUT2D eigenvalue weighted by atomic mass is 10.1. The Hall–Kier alpha value is -2.62. The van der Waals surface area contributed by atoms with Crippen LogP contribution in [0, 0.1) is 12.7 Å². The molecule has 0 spiro atoms. The molecule has 0 aliphatic carbocycles. The lowest BCUT2D eigenvalue weighted by Crippen LogP contribution is -2.03. The standard InChI is InChI=1S/C16H11FO3/c1-9-3-2-4-12-13(18)14(19)16(20-15(9)12)10-5-7-11(17)8-6-10/h2-8,19H,1H3. The van der Waals surface area contributed by atoms with Gasteiger partial charge in [0.15, 0.2) is 5.76 Å². The van der Waals surface area contributed by atoms with E-state index in [9.17, 15) is 14.3 Å². The quantitative estimate of drug-likeness (QED) is 0.734. The molecule has 1 heterocycles. The molecule has 2 aromatic carbocycles. The first kappa shape index (κ1) is 12.4. The van der Waals surface area contributed by atoms with Gasteiger partial charge in [-0.15, -0.1) is 0 Å². The second-order valence-corrected chi connectivity index (χ2v) is 4.57. The molecule has 0 amide bonds. The molecule has 100 valence electrons. The molecule has 0 saturated carbocycles. The summed E-state index contributed by atoms with van der Waals surface area (Å²) in [7, 11) is 0. The Labute approximate surface area is 113 Å². The molecule has 0 unspecified atom stereocenters. The number of aromatic hydroxyl groups is 1. The Morgan fingerprint density at radius 3 is 2.50 bits per heavy atom. The number of aryl methyl sites for hydroxylation is 1. The maximum atomic E-state index is 12.9. The van der Waals surface area contributed by atoms with Crippen molar-refractivity contribution in [2.24, 2.45) is 0 Å². The van der Waals surface area contributed by atoms with Gasteiger partial charge in [0.25, 0.3) is 0 Å². The fraction of sp³-hybridized carbons (Fsp3) is 0.0625. The molecule has 3 rings (SSSR count). The molecule has 20 heavy (non-hydrogen) atoms.